The van der Waals surface area contributed by atoms with Gasteiger partial charge >= 0.3 is 0 Å². The van der Waals surface area contributed by atoms with Gasteiger partial charge in [0.05, 0.1) is 5.71 Å². The van der Waals surface area contributed by atoms with Gasteiger partial charge in [-0.05, 0) is 24.6 Å². The zero-order valence-electron chi connectivity index (χ0n) is 15.6. The number of nitrogens with one attached hydrogen (secondary N) is 1. The highest BCUT2D eigenvalue weighted by atomic mass is 16.7. The summed E-state index contributed by atoms with van der Waals surface area (Å²) >= 11 is 0. The van der Waals surface area contributed by atoms with Gasteiger partial charge in [-0.1, -0.05) is 43.7 Å². The molecule has 0 saturated heterocycles. The molecule has 0 aliphatic carbocycles. The topological polar surface area (TPSA) is 46.6 Å². The summed E-state index contributed by atoms with van der Waals surface area (Å²) in [5.41, 5.74) is 6.63. The Hall–Kier alpha value is -2.17. The Morgan fingerprint density at radius 2 is 1.80 bits per heavy atom. The van der Waals surface area contributed by atoms with Gasteiger partial charge in [0, 0.05) is 49.2 Å². The van der Waals surface area contributed by atoms with E-state index in [2.05, 4.69) is 62.2 Å². The summed E-state index contributed by atoms with van der Waals surface area (Å²) in [6.45, 7) is 6.50. The van der Waals surface area contributed by atoms with Crippen molar-refractivity contribution in [1.82, 2.24) is 4.98 Å². The van der Waals surface area contributed by atoms with Crippen molar-refractivity contribution in [2.24, 2.45) is 10.4 Å². The van der Waals surface area contributed by atoms with Gasteiger partial charge in [0.15, 0.2) is 6.29 Å². The predicted molar refractivity (Wildman–Crippen MR) is 103 cm³/mol. The van der Waals surface area contributed by atoms with Gasteiger partial charge in [0.1, 0.15) is 0 Å². The van der Waals surface area contributed by atoms with Crippen LogP contribution in [0.3, 0.4) is 0 Å². The van der Waals surface area contributed by atoms with Crippen molar-refractivity contribution >= 4 is 11.8 Å². The minimum absolute atomic E-state index is 0.0553. The Morgan fingerprint density at radius 3 is 2.44 bits per heavy atom. The lowest BCUT2D eigenvalue weighted by molar-refractivity contribution is -0.0532. The second-order valence-corrected chi connectivity index (χ2v) is 7.17. The van der Waals surface area contributed by atoms with E-state index < -0.39 is 0 Å². The van der Waals surface area contributed by atoms with Crippen LogP contribution in [-0.4, -0.2) is 31.2 Å². The second kappa shape index (κ2) is 6.98. The van der Waals surface area contributed by atoms with Crippen molar-refractivity contribution in [3.05, 3.63) is 53.5 Å². The van der Waals surface area contributed by atoms with Gasteiger partial charge in [0.2, 0.25) is 0 Å². The molecule has 1 aromatic carbocycles. The average Bonchev–Trinajstić information content (AvgIpc) is 3.15. The van der Waals surface area contributed by atoms with E-state index in [4.69, 9.17) is 14.5 Å². The SMILES string of the molecule is COC(OC)C1=N/C(=C\c2[nH]ccc2-c2ccc(C)cc2)C(C)(C)C1. The maximum Gasteiger partial charge on any atom is 0.196 e. The lowest BCUT2D eigenvalue weighted by Gasteiger charge is -2.19. The zero-order chi connectivity index (χ0) is 18.0. The molecule has 0 atom stereocenters. The molecule has 0 unspecified atom stereocenters. The number of rotatable bonds is 5. The van der Waals surface area contributed by atoms with Crippen LogP contribution in [0.4, 0.5) is 0 Å². The van der Waals surface area contributed by atoms with Crippen molar-refractivity contribution in [2.75, 3.05) is 14.2 Å². The van der Waals surface area contributed by atoms with Crippen molar-refractivity contribution in [3.8, 4) is 11.1 Å². The molecule has 1 aromatic heterocycles. The molecule has 4 nitrogen and oxygen atoms in total. The first-order valence-electron chi connectivity index (χ1n) is 8.54. The number of nitrogens with zero attached hydrogens (tertiary/aromatic N) is 1. The third kappa shape index (κ3) is 3.60. The van der Waals surface area contributed by atoms with Crippen LogP contribution < -0.4 is 0 Å². The predicted octanol–water partition coefficient (Wildman–Crippen LogP) is 4.82. The van der Waals surface area contributed by atoms with Gasteiger partial charge < -0.3 is 14.5 Å². The number of H-pyrrole nitrogens is 1. The minimum Gasteiger partial charge on any atom is -0.361 e. The molecule has 1 aliphatic heterocycles. The van der Waals surface area contributed by atoms with Crippen LogP contribution in [0.15, 0.2) is 47.2 Å². The Morgan fingerprint density at radius 1 is 1.12 bits per heavy atom. The normalized spacial score (nSPS) is 18.2. The monoisotopic (exact) mass is 338 g/mol. The fourth-order valence-electron chi connectivity index (χ4n) is 3.24. The number of hydrogen-bond acceptors (Lipinski definition) is 3. The molecule has 1 aliphatic rings. The molecule has 1 N–H and O–H groups in total. The highest BCUT2D eigenvalue weighted by Gasteiger charge is 2.35. The molecule has 3 rings (SSSR count). The molecule has 0 bridgehead atoms. The number of aliphatic imine (C=N–C) groups is 1. The summed E-state index contributed by atoms with van der Waals surface area (Å²) in [4.78, 5) is 8.16. The highest BCUT2D eigenvalue weighted by Crippen LogP contribution is 2.40. The minimum atomic E-state index is -0.384. The molecule has 0 spiro atoms. The molecule has 132 valence electrons. The first kappa shape index (κ1) is 17.6. The maximum absolute atomic E-state index is 5.38. The number of allylic oxidation sites excluding steroid dienone is 1. The van der Waals surface area contributed by atoms with Crippen molar-refractivity contribution in [2.45, 2.75) is 33.5 Å². The summed E-state index contributed by atoms with van der Waals surface area (Å²) in [5.74, 6) is 0. The third-order valence-corrected chi connectivity index (χ3v) is 4.70. The lowest BCUT2D eigenvalue weighted by atomic mass is 9.86. The average molecular weight is 338 g/mol. The molecule has 2 heterocycles. The molecular weight excluding hydrogens is 312 g/mol. The second-order valence-electron chi connectivity index (χ2n) is 7.17. The standard InChI is InChI=1S/C21H26N2O2/c1-14-6-8-15(9-7-14)16-10-11-22-17(16)12-19-21(2,3)13-18(23-19)20(24-4)25-5/h6-12,20,22H,13H2,1-5H3/b19-12-. The van der Waals surface area contributed by atoms with Crippen LogP contribution in [0.5, 0.6) is 0 Å². The summed E-state index contributed by atoms with van der Waals surface area (Å²) < 4.78 is 10.8. The third-order valence-electron chi connectivity index (χ3n) is 4.70. The van der Waals surface area contributed by atoms with E-state index in [1.807, 2.05) is 6.20 Å². The summed E-state index contributed by atoms with van der Waals surface area (Å²) in [6.07, 6.45) is 4.56. The number of hydrogen-bond donors (Lipinski definition) is 1. The molecule has 0 radical (unpaired) electrons. The molecule has 25 heavy (non-hydrogen) atoms. The van der Waals surface area contributed by atoms with Crippen LogP contribution in [0, 0.1) is 12.3 Å². The van der Waals surface area contributed by atoms with Gasteiger partial charge in [0.25, 0.3) is 0 Å². The molecule has 2 aromatic rings. The summed E-state index contributed by atoms with van der Waals surface area (Å²) in [6, 6.07) is 10.7. The fraction of sp³-hybridized carbons (Fsp3) is 0.381. The quantitative estimate of drug-likeness (QED) is 0.794. The largest absolute Gasteiger partial charge is 0.361 e. The van der Waals surface area contributed by atoms with E-state index in [1.54, 1.807) is 14.2 Å². The maximum atomic E-state index is 5.38. The summed E-state index contributed by atoms with van der Waals surface area (Å²) in [7, 11) is 3.29. The Balaban J connectivity index is 1.98. The Labute approximate surface area is 149 Å². The van der Waals surface area contributed by atoms with Crippen molar-refractivity contribution in [3.63, 3.8) is 0 Å². The highest BCUT2D eigenvalue weighted by molar-refractivity contribution is 5.93. The van der Waals surface area contributed by atoms with E-state index in [1.165, 1.54) is 16.7 Å². The van der Waals surface area contributed by atoms with Crippen LogP contribution in [0.1, 0.15) is 31.5 Å². The number of aromatic nitrogens is 1. The zero-order valence-corrected chi connectivity index (χ0v) is 15.6. The van der Waals surface area contributed by atoms with Gasteiger partial charge in [-0.15, -0.1) is 0 Å². The van der Waals surface area contributed by atoms with Crippen LogP contribution >= 0.6 is 0 Å². The van der Waals surface area contributed by atoms with E-state index in [0.717, 1.165) is 23.5 Å². The molecule has 0 amide bonds. The number of ether oxygens (including phenoxy) is 2. The number of benzene rings is 1. The van der Waals surface area contributed by atoms with E-state index in [-0.39, 0.29) is 11.7 Å². The lowest BCUT2D eigenvalue weighted by Crippen LogP contribution is -2.25. The van der Waals surface area contributed by atoms with Crippen molar-refractivity contribution < 1.29 is 9.47 Å². The Kier molecular flexibility index (Phi) is 4.93. The number of aryl methyl sites for hydroxylation is 1. The van der Waals surface area contributed by atoms with Crippen molar-refractivity contribution in [1.29, 1.82) is 0 Å². The van der Waals surface area contributed by atoms with Crippen LogP contribution in [0.25, 0.3) is 17.2 Å². The fourth-order valence-corrected chi connectivity index (χ4v) is 3.24. The summed E-state index contributed by atoms with van der Waals surface area (Å²) in [5, 5.41) is 0. The van der Waals surface area contributed by atoms with Gasteiger partial charge in [-0.2, -0.15) is 0 Å². The smallest absolute Gasteiger partial charge is 0.196 e. The van der Waals surface area contributed by atoms with Crippen LogP contribution in [-0.2, 0) is 9.47 Å². The first-order valence-corrected chi connectivity index (χ1v) is 8.54. The van der Waals surface area contributed by atoms with Gasteiger partial charge in [-0.25, -0.2) is 0 Å². The molecule has 0 saturated carbocycles. The number of methoxy groups -OCH3 is 2. The molecule has 0 fully saturated rings. The van der Waals surface area contributed by atoms with Gasteiger partial charge in [-0.3, -0.25) is 4.99 Å². The Bertz CT molecular complexity index is 794. The first-order chi connectivity index (χ1) is 11.9. The van der Waals surface area contributed by atoms with E-state index >= 15 is 0 Å². The molecular formula is C21H26N2O2. The molecule has 4 heteroatoms. The van der Waals surface area contributed by atoms with Crippen LogP contribution in [0.2, 0.25) is 0 Å². The number of aromatic amines is 1. The van der Waals surface area contributed by atoms with E-state index in [9.17, 15) is 0 Å². The van der Waals surface area contributed by atoms with E-state index in [0.29, 0.717) is 0 Å².